The lowest BCUT2D eigenvalue weighted by Gasteiger charge is -2.08. The highest BCUT2D eigenvalue weighted by Crippen LogP contribution is 2.16. The molecule has 0 aliphatic carbocycles. The number of halogens is 1. The molecule has 0 radical (unpaired) electrons. The van der Waals surface area contributed by atoms with Crippen molar-refractivity contribution in [1.29, 1.82) is 0 Å². The van der Waals surface area contributed by atoms with Crippen LogP contribution in [-0.2, 0) is 14.3 Å². The Morgan fingerprint density at radius 3 is 2.78 bits per heavy atom. The van der Waals surface area contributed by atoms with E-state index in [9.17, 15) is 14.0 Å². The number of thioether (sulfide) groups is 1. The first-order valence-electron chi connectivity index (χ1n) is 5.23. The molecule has 0 fully saturated rings. The molecule has 0 aliphatic rings. The van der Waals surface area contributed by atoms with Crippen LogP contribution in [-0.4, -0.2) is 30.5 Å². The monoisotopic (exact) mass is 271 g/mol. The van der Waals surface area contributed by atoms with E-state index >= 15 is 0 Å². The Hall–Kier alpha value is -1.56. The first-order valence-corrected chi connectivity index (χ1v) is 6.39. The van der Waals surface area contributed by atoms with Crippen molar-refractivity contribution in [3.63, 3.8) is 0 Å². The molecule has 0 aromatic heterocycles. The number of anilines is 1. The van der Waals surface area contributed by atoms with Crippen molar-refractivity contribution in [1.82, 2.24) is 0 Å². The number of hydrogen-bond donors (Lipinski definition) is 1. The molecule has 0 aliphatic heterocycles. The minimum Gasteiger partial charge on any atom is -0.468 e. The van der Waals surface area contributed by atoms with E-state index in [1.54, 1.807) is 13.0 Å². The number of hydrogen-bond acceptors (Lipinski definition) is 4. The van der Waals surface area contributed by atoms with Gasteiger partial charge in [0.1, 0.15) is 5.82 Å². The van der Waals surface area contributed by atoms with Crippen molar-refractivity contribution in [3.8, 4) is 0 Å². The number of esters is 1. The van der Waals surface area contributed by atoms with Crippen LogP contribution in [0.4, 0.5) is 10.1 Å². The summed E-state index contributed by atoms with van der Waals surface area (Å²) in [5.41, 5.74) is 1.22. The highest BCUT2D eigenvalue weighted by molar-refractivity contribution is 8.00. The summed E-state index contributed by atoms with van der Waals surface area (Å²) < 4.78 is 17.4. The van der Waals surface area contributed by atoms with Crippen LogP contribution in [0.1, 0.15) is 5.56 Å². The third kappa shape index (κ3) is 4.75. The van der Waals surface area contributed by atoms with Gasteiger partial charge < -0.3 is 10.1 Å². The van der Waals surface area contributed by atoms with Gasteiger partial charge in [0.25, 0.3) is 0 Å². The van der Waals surface area contributed by atoms with Crippen LogP contribution in [0.5, 0.6) is 0 Å². The van der Waals surface area contributed by atoms with Gasteiger partial charge in [0.2, 0.25) is 5.91 Å². The third-order valence-corrected chi connectivity index (χ3v) is 3.06. The van der Waals surface area contributed by atoms with Crippen LogP contribution >= 0.6 is 11.8 Å². The Morgan fingerprint density at radius 2 is 2.11 bits per heavy atom. The molecule has 0 saturated heterocycles. The zero-order valence-corrected chi connectivity index (χ0v) is 11.0. The number of carbonyl (C=O) groups excluding carboxylic acids is 2. The van der Waals surface area contributed by atoms with Gasteiger partial charge in [-0.25, -0.2) is 4.39 Å². The van der Waals surface area contributed by atoms with E-state index in [0.717, 1.165) is 17.3 Å². The van der Waals surface area contributed by atoms with Gasteiger partial charge in [-0.1, -0.05) is 6.07 Å². The van der Waals surface area contributed by atoms with Gasteiger partial charge in [-0.05, 0) is 24.6 Å². The molecule has 1 N–H and O–H groups in total. The maximum absolute atomic E-state index is 13.0. The SMILES string of the molecule is COC(=O)CSCC(=O)Nc1cc(F)ccc1C. The molecular formula is C12H14FNO3S. The summed E-state index contributed by atoms with van der Waals surface area (Å²) in [6, 6.07) is 4.18. The standard InChI is InChI=1S/C12H14FNO3S/c1-8-3-4-9(13)5-10(8)14-11(15)6-18-7-12(16)17-2/h3-5H,6-7H2,1-2H3,(H,14,15). The molecule has 0 unspecified atom stereocenters. The van der Waals surface area contributed by atoms with Crippen molar-refractivity contribution < 1.29 is 18.7 Å². The van der Waals surface area contributed by atoms with E-state index < -0.39 is 5.82 Å². The lowest BCUT2D eigenvalue weighted by Crippen LogP contribution is -2.16. The molecular weight excluding hydrogens is 257 g/mol. The van der Waals surface area contributed by atoms with Crippen molar-refractivity contribution >= 4 is 29.3 Å². The first-order chi connectivity index (χ1) is 8.52. The Labute approximate surface area is 109 Å². The van der Waals surface area contributed by atoms with E-state index in [1.807, 2.05) is 0 Å². The summed E-state index contributed by atoms with van der Waals surface area (Å²) in [5.74, 6) is -0.831. The van der Waals surface area contributed by atoms with Crippen LogP contribution in [0.2, 0.25) is 0 Å². The van der Waals surface area contributed by atoms with Crippen LogP contribution in [0.25, 0.3) is 0 Å². The second-order valence-corrected chi connectivity index (χ2v) is 4.56. The molecule has 0 saturated carbocycles. The van der Waals surface area contributed by atoms with Gasteiger partial charge in [-0.3, -0.25) is 9.59 Å². The second-order valence-electron chi connectivity index (χ2n) is 3.58. The minimum absolute atomic E-state index is 0.116. The molecule has 1 aromatic carbocycles. The molecule has 0 heterocycles. The topological polar surface area (TPSA) is 55.4 Å². The number of benzene rings is 1. The number of amides is 1. The maximum Gasteiger partial charge on any atom is 0.315 e. The van der Waals surface area contributed by atoms with Gasteiger partial charge in [0, 0.05) is 5.69 Å². The fraction of sp³-hybridized carbons (Fsp3) is 0.333. The highest BCUT2D eigenvalue weighted by Gasteiger charge is 2.07. The molecule has 0 spiro atoms. The number of aryl methyl sites for hydroxylation is 1. The molecule has 4 nitrogen and oxygen atoms in total. The summed E-state index contributed by atoms with van der Waals surface area (Å²) in [6.07, 6.45) is 0. The Bertz CT molecular complexity index is 451. The molecule has 18 heavy (non-hydrogen) atoms. The normalized spacial score (nSPS) is 9.94. The van der Waals surface area contributed by atoms with E-state index in [4.69, 9.17) is 0 Å². The van der Waals surface area contributed by atoms with Crippen LogP contribution in [0, 0.1) is 12.7 Å². The van der Waals surface area contributed by atoms with Crippen molar-refractivity contribution in [2.24, 2.45) is 0 Å². The van der Waals surface area contributed by atoms with Crippen LogP contribution in [0.3, 0.4) is 0 Å². The smallest absolute Gasteiger partial charge is 0.315 e. The Morgan fingerprint density at radius 1 is 1.39 bits per heavy atom. The van der Waals surface area contributed by atoms with Crippen molar-refractivity contribution in [2.45, 2.75) is 6.92 Å². The van der Waals surface area contributed by atoms with E-state index in [-0.39, 0.29) is 23.4 Å². The second kappa shape index (κ2) is 7.00. The summed E-state index contributed by atoms with van der Waals surface area (Å²) in [5, 5.41) is 2.59. The highest BCUT2D eigenvalue weighted by atomic mass is 32.2. The number of rotatable bonds is 5. The Balaban J connectivity index is 2.44. The van der Waals surface area contributed by atoms with Gasteiger partial charge in [0.15, 0.2) is 0 Å². The summed E-state index contributed by atoms with van der Waals surface area (Å²) in [6.45, 7) is 1.77. The van der Waals surface area contributed by atoms with E-state index in [2.05, 4.69) is 10.1 Å². The molecule has 1 rings (SSSR count). The quantitative estimate of drug-likeness (QED) is 0.832. The number of nitrogens with one attached hydrogen (secondary N) is 1. The largest absolute Gasteiger partial charge is 0.468 e. The van der Waals surface area contributed by atoms with Crippen LogP contribution in [0.15, 0.2) is 18.2 Å². The molecule has 98 valence electrons. The lowest BCUT2D eigenvalue weighted by molar-refractivity contribution is -0.137. The fourth-order valence-corrected chi connectivity index (χ4v) is 1.85. The average molecular weight is 271 g/mol. The van der Waals surface area contributed by atoms with Gasteiger partial charge in [-0.2, -0.15) is 0 Å². The summed E-state index contributed by atoms with van der Waals surface area (Å²) in [7, 11) is 1.29. The van der Waals surface area contributed by atoms with Gasteiger partial charge in [0.05, 0.1) is 18.6 Å². The molecule has 0 atom stereocenters. The zero-order chi connectivity index (χ0) is 13.5. The summed E-state index contributed by atoms with van der Waals surface area (Å²) >= 11 is 1.14. The number of methoxy groups -OCH3 is 1. The van der Waals surface area contributed by atoms with E-state index in [0.29, 0.717) is 5.69 Å². The fourth-order valence-electron chi connectivity index (χ4n) is 1.20. The number of carbonyl (C=O) groups is 2. The van der Waals surface area contributed by atoms with Crippen molar-refractivity contribution in [2.75, 3.05) is 23.9 Å². The zero-order valence-electron chi connectivity index (χ0n) is 10.2. The Kier molecular flexibility index (Phi) is 5.64. The third-order valence-electron chi connectivity index (χ3n) is 2.15. The maximum atomic E-state index is 13.0. The molecule has 6 heteroatoms. The predicted molar refractivity (Wildman–Crippen MR) is 69.1 cm³/mol. The van der Waals surface area contributed by atoms with Crippen LogP contribution < -0.4 is 5.32 Å². The average Bonchev–Trinajstić information content (AvgIpc) is 2.33. The molecule has 1 amide bonds. The van der Waals surface area contributed by atoms with Gasteiger partial charge >= 0.3 is 5.97 Å². The minimum atomic E-state index is -0.405. The first kappa shape index (κ1) is 14.5. The lowest BCUT2D eigenvalue weighted by atomic mass is 10.2. The molecule has 1 aromatic rings. The predicted octanol–water partition coefficient (Wildman–Crippen LogP) is 1.98. The van der Waals surface area contributed by atoms with Crippen molar-refractivity contribution in [3.05, 3.63) is 29.6 Å². The molecule has 0 bridgehead atoms. The summed E-state index contributed by atoms with van der Waals surface area (Å²) in [4.78, 5) is 22.4. The number of ether oxygens (including phenoxy) is 1. The van der Waals surface area contributed by atoms with E-state index in [1.165, 1.54) is 19.2 Å². The van der Waals surface area contributed by atoms with Gasteiger partial charge in [-0.15, -0.1) is 11.8 Å².